The number of nitrogen functional groups attached to an aromatic ring is 1. The van der Waals surface area contributed by atoms with Crippen LogP contribution in [0.5, 0.6) is 0 Å². The minimum Gasteiger partial charge on any atom is -0.469 e. The van der Waals surface area contributed by atoms with E-state index in [2.05, 4.69) is 9.88 Å². The SMILES string of the molecule is Cc1occc1CN(C)c1ncc(N)s1. The number of hydrogen-bond acceptors (Lipinski definition) is 5. The molecular formula is C10H13N3OS. The van der Waals surface area contributed by atoms with Gasteiger partial charge in [-0.25, -0.2) is 4.98 Å². The average Bonchev–Trinajstić information content (AvgIpc) is 2.77. The topological polar surface area (TPSA) is 55.3 Å². The van der Waals surface area contributed by atoms with Gasteiger partial charge in [0.05, 0.1) is 12.5 Å². The number of hydrogen-bond donors (Lipinski definition) is 1. The fourth-order valence-electron chi connectivity index (χ4n) is 1.35. The fourth-order valence-corrected chi connectivity index (χ4v) is 1.99. The van der Waals surface area contributed by atoms with Crippen molar-refractivity contribution >= 4 is 21.5 Å². The Morgan fingerprint density at radius 3 is 2.93 bits per heavy atom. The third-order valence-corrected chi connectivity index (χ3v) is 3.15. The molecule has 15 heavy (non-hydrogen) atoms. The maximum Gasteiger partial charge on any atom is 0.187 e. The summed E-state index contributed by atoms with van der Waals surface area (Å²) in [6, 6.07) is 1.97. The highest BCUT2D eigenvalue weighted by atomic mass is 32.1. The quantitative estimate of drug-likeness (QED) is 0.867. The zero-order valence-electron chi connectivity index (χ0n) is 8.73. The van der Waals surface area contributed by atoms with Crippen molar-refractivity contribution in [2.75, 3.05) is 17.7 Å². The summed E-state index contributed by atoms with van der Waals surface area (Å²) in [6.45, 7) is 2.74. The molecule has 0 amide bonds. The van der Waals surface area contributed by atoms with Gasteiger partial charge in [-0.3, -0.25) is 0 Å². The largest absolute Gasteiger partial charge is 0.469 e. The number of nitrogens with two attached hydrogens (primary N) is 1. The van der Waals surface area contributed by atoms with E-state index in [9.17, 15) is 0 Å². The lowest BCUT2D eigenvalue weighted by atomic mass is 10.2. The van der Waals surface area contributed by atoms with E-state index in [1.54, 1.807) is 12.5 Å². The predicted octanol–water partition coefficient (Wildman–Crippen LogP) is 2.26. The van der Waals surface area contributed by atoms with Crippen molar-refractivity contribution in [3.63, 3.8) is 0 Å². The molecule has 0 aliphatic rings. The molecule has 4 nitrogen and oxygen atoms in total. The van der Waals surface area contributed by atoms with E-state index in [0.717, 1.165) is 22.4 Å². The molecule has 0 aromatic carbocycles. The highest BCUT2D eigenvalue weighted by molar-refractivity contribution is 7.19. The van der Waals surface area contributed by atoms with Crippen molar-refractivity contribution in [3.05, 3.63) is 29.9 Å². The Kier molecular flexibility index (Phi) is 2.64. The van der Waals surface area contributed by atoms with E-state index in [1.807, 2.05) is 20.0 Å². The first-order chi connectivity index (χ1) is 7.16. The molecule has 2 aromatic heterocycles. The Balaban J connectivity index is 2.10. The van der Waals surface area contributed by atoms with Gasteiger partial charge in [-0.1, -0.05) is 11.3 Å². The van der Waals surface area contributed by atoms with Gasteiger partial charge in [-0.2, -0.15) is 0 Å². The summed E-state index contributed by atoms with van der Waals surface area (Å²) < 4.78 is 5.24. The van der Waals surface area contributed by atoms with Crippen molar-refractivity contribution < 1.29 is 4.42 Å². The van der Waals surface area contributed by atoms with E-state index >= 15 is 0 Å². The second-order valence-corrected chi connectivity index (χ2v) is 4.44. The molecule has 0 aliphatic carbocycles. The Morgan fingerprint density at radius 2 is 2.40 bits per heavy atom. The molecule has 0 spiro atoms. The summed E-state index contributed by atoms with van der Waals surface area (Å²) in [5.41, 5.74) is 6.80. The molecule has 0 bridgehead atoms. The van der Waals surface area contributed by atoms with E-state index in [4.69, 9.17) is 10.2 Å². The maximum atomic E-state index is 5.63. The van der Waals surface area contributed by atoms with Crippen LogP contribution < -0.4 is 10.6 Å². The van der Waals surface area contributed by atoms with Crippen molar-refractivity contribution in [2.24, 2.45) is 0 Å². The number of aromatic nitrogens is 1. The summed E-state index contributed by atoms with van der Waals surface area (Å²) in [4.78, 5) is 6.27. The van der Waals surface area contributed by atoms with E-state index in [1.165, 1.54) is 16.9 Å². The molecule has 5 heteroatoms. The summed E-state index contributed by atoms with van der Waals surface area (Å²) in [5, 5.41) is 1.66. The second kappa shape index (κ2) is 3.94. The smallest absolute Gasteiger partial charge is 0.187 e. The van der Waals surface area contributed by atoms with E-state index in [0.29, 0.717) is 0 Å². The minimum atomic E-state index is 0.737. The number of thiazole rings is 1. The fraction of sp³-hybridized carbons (Fsp3) is 0.300. The van der Waals surface area contributed by atoms with Gasteiger partial charge in [0, 0.05) is 19.2 Å². The van der Waals surface area contributed by atoms with Crippen LogP contribution in [-0.2, 0) is 6.54 Å². The molecule has 0 fully saturated rings. The standard InChI is InChI=1S/C10H13N3OS/c1-7-8(3-4-14-7)6-13(2)10-12-5-9(11)15-10/h3-5H,6,11H2,1-2H3. The number of furan rings is 1. The van der Waals surface area contributed by atoms with E-state index < -0.39 is 0 Å². The maximum absolute atomic E-state index is 5.63. The van der Waals surface area contributed by atoms with Crippen molar-refractivity contribution in [2.45, 2.75) is 13.5 Å². The van der Waals surface area contributed by atoms with Gasteiger partial charge in [0.2, 0.25) is 0 Å². The monoisotopic (exact) mass is 223 g/mol. The van der Waals surface area contributed by atoms with Crippen molar-refractivity contribution in [3.8, 4) is 0 Å². The van der Waals surface area contributed by atoms with Crippen LogP contribution >= 0.6 is 11.3 Å². The minimum absolute atomic E-state index is 0.737. The van der Waals surface area contributed by atoms with Crippen LogP contribution in [0.3, 0.4) is 0 Å². The summed E-state index contributed by atoms with van der Waals surface area (Å²) in [5.74, 6) is 0.950. The van der Waals surface area contributed by atoms with Crippen molar-refractivity contribution in [1.29, 1.82) is 0 Å². The van der Waals surface area contributed by atoms with Gasteiger partial charge in [0.25, 0.3) is 0 Å². The lowest BCUT2D eigenvalue weighted by Gasteiger charge is -2.14. The molecule has 0 unspecified atom stereocenters. The Bertz CT molecular complexity index is 449. The van der Waals surface area contributed by atoms with Gasteiger partial charge in [0.15, 0.2) is 5.13 Å². The van der Waals surface area contributed by atoms with Crippen LogP contribution in [0.25, 0.3) is 0 Å². The van der Waals surface area contributed by atoms with Gasteiger partial charge in [-0.05, 0) is 13.0 Å². The molecule has 0 aliphatic heterocycles. The molecule has 2 aromatic rings. The Morgan fingerprint density at radius 1 is 1.60 bits per heavy atom. The summed E-state index contributed by atoms with van der Waals surface area (Å²) >= 11 is 1.49. The molecule has 0 saturated heterocycles. The first-order valence-electron chi connectivity index (χ1n) is 4.62. The van der Waals surface area contributed by atoms with Crippen LogP contribution in [0.4, 0.5) is 10.1 Å². The molecule has 2 heterocycles. The third-order valence-electron chi connectivity index (χ3n) is 2.21. The number of nitrogens with zero attached hydrogens (tertiary/aromatic N) is 2. The first-order valence-corrected chi connectivity index (χ1v) is 5.44. The molecule has 80 valence electrons. The summed E-state index contributed by atoms with van der Waals surface area (Å²) in [7, 11) is 1.99. The molecular weight excluding hydrogens is 210 g/mol. The average molecular weight is 223 g/mol. The van der Waals surface area contributed by atoms with Gasteiger partial charge in [-0.15, -0.1) is 0 Å². The summed E-state index contributed by atoms with van der Waals surface area (Å²) in [6.07, 6.45) is 3.38. The van der Waals surface area contributed by atoms with E-state index in [-0.39, 0.29) is 0 Å². The highest BCUT2D eigenvalue weighted by Crippen LogP contribution is 2.24. The Labute approximate surface area is 92.3 Å². The zero-order valence-corrected chi connectivity index (χ0v) is 9.54. The molecule has 2 N–H and O–H groups in total. The second-order valence-electron chi connectivity index (χ2n) is 3.40. The van der Waals surface area contributed by atoms with Crippen LogP contribution in [0.1, 0.15) is 11.3 Å². The molecule has 0 saturated carbocycles. The zero-order chi connectivity index (χ0) is 10.8. The normalized spacial score (nSPS) is 10.5. The third kappa shape index (κ3) is 2.12. The highest BCUT2D eigenvalue weighted by Gasteiger charge is 2.09. The number of rotatable bonds is 3. The van der Waals surface area contributed by atoms with Crippen LogP contribution in [0, 0.1) is 6.92 Å². The molecule has 0 radical (unpaired) electrons. The predicted molar refractivity (Wildman–Crippen MR) is 62.1 cm³/mol. The molecule has 2 rings (SSSR count). The number of aryl methyl sites for hydroxylation is 1. The van der Waals surface area contributed by atoms with Crippen LogP contribution in [0.15, 0.2) is 22.9 Å². The van der Waals surface area contributed by atoms with Crippen LogP contribution in [0.2, 0.25) is 0 Å². The van der Waals surface area contributed by atoms with Crippen molar-refractivity contribution in [1.82, 2.24) is 4.98 Å². The molecule has 0 atom stereocenters. The lowest BCUT2D eigenvalue weighted by molar-refractivity contribution is 0.529. The lowest BCUT2D eigenvalue weighted by Crippen LogP contribution is -2.15. The first kappa shape index (κ1) is 10.0. The van der Waals surface area contributed by atoms with Crippen LogP contribution in [-0.4, -0.2) is 12.0 Å². The van der Waals surface area contributed by atoms with Gasteiger partial charge in [0.1, 0.15) is 10.8 Å². The number of anilines is 2. The van der Waals surface area contributed by atoms with Gasteiger partial charge >= 0.3 is 0 Å². The Hall–Kier alpha value is -1.49. The van der Waals surface area contributed by atoms with Gasteiger partial charge < -0.3 is 15.1 Å².